The van der Waals surface area contributed by atoms with Crippen molar-refractivity contribution >= 4 is 55.6 Å². The zero-order valence-corrected chi connectivity index (χ0v) is 19.1. The van der Waals surface area contributed by atoms with E-state index in [1.807, 2.05) is 0 Å². The van der Waals surface area contributed by atoms with Gasteiger partial charge in [-0.25, -0.2) is 9.18 Å². The van der Waals surface area contributed by atoms with Gasteiger partial charge in [-0.05, 0) is 63.7 Å². The van der Waals surface area contributed by atoms with E-state index in [2.05, 4.69) is 58.1 Å². The lowest BCUT2D eigenvalue weighted by Gasteiger charge is -2.29. The van der Waals surface area contributed by atoms with Gasteiger partial charge < -0.3 is 15.2 Å². The van der Waals surface area contributed by atoms with E-state index in [4.69, 9.17) is 11.6 Å². The third-order valence-corrected chi connectivity index (χ3v) is 7.43. The number of hydrogen-bond acceptors (Lipinski definition) is 2. The minimum atomic E-state index is -0.494. The van der Waals surface area contributed by atoms with Crippen LogP contribution in [0.2, 0.25) is 5.02 Å². The molecule has 2 amide bonds. The number of thiophene rings is 1. The van der Waals surface area contributed by atoms with Gasteiger partial charge in [-0.2, -0.15) is 0 Å². The van der Waals surface area contributed by atoms with Gasteiger partial charge in [-0.1, -0.05) is 41.9 Å². The molecule has 1 aliphatic rings. The Bertz CT molecular complexity index is 1540. The van der Waals surface area contributed by atoms with Gasteiger partial charge in [0.2, 0.25) is 0 Å². The molecule has 0 fully saturated rings. The van der Waals surface area contributed by atoms with Crippen molar-refractivity contribution < 1.29 is 9.18 Å². The number of nitrogens with zero attached hydrogens (tertiary/aromatic N) is 1. The van der Waals surface area contributed by atoms with Gasteiger partial charge in [-0.15, -0.1) is 11.3 Å². The van der Waals surface area contributed by atoms with Crippen molar-refractivity contribution in [1.82, 2.24) is 9.88 Å². The minimum absolute atomic E-state index is 0.0264. The number of carbonyl (C=O) groups is 1. The molecule has 0 radical (unpaired) electrons. The number of amides is 2. The largest absolute Gasteiger partial charge is 0.359 e. The molecule has 33 heavy (non-hydrogen) atoms. The lowest BCUT2D eigenvalue weighted by atomic mass is 9.94. The molecule has 4 nitrogen and oxygen atoms in total. The number of rotatable bonds is 2. The van der Waals surface area contributed by atoms with E-state index >= 15 is 0 Å². The quantitative estimate of drug-likeness (QED) is 0.274. The summed E-state index contributed by atoms with van der Waals surface area (Å²) in [6.45, 7) is 1.17. The summed E-state index contributed by atoms with van der Waals surface area (Å²) >= 11 is 7.68. The van der Waals surface area contributed by atoms with E-state index in [9.17, 15) is 9.18 Å². The Kier molecular flexibility index (Phi) is 4.85. The zero-order valence-electron chi connectivity index (χ0n) is 17.5. The van der Waals surface area contributed by atoms with Gasteiger partial charge >= 0.3 is 6.03 Å². The summed E-state index contributed by atoms with van der Waals surface area (Å²) in [5, 5.41) is 7.03. The van der Waals surface area contributed by atoms with Crippen LogP contribution < -0.4 is 5.32 Å². The molecule has 3 heterocycles. The highest BCUT2D eigenvalue weighted by atomic mass is 35.5. The summed E-state index contributed by atoms with van der Waals surface area (Å²) in [4.78, 5) is 17.7. The fourth-order valence-electron chi connectivity index (χ4n) is 4.45. The summed E-state index contributed by atoms with van der Waals surface area (Å²) in [6.07, 6.45) is 2.45. The lowest BCUT2D eigenvalue weighted by Crippen LogP contribution is -2.38. The summed E-state index contributed by atoms with van der Waals surface area (Å²) in [6, 6.07) is 17.9. The molecule has 7 heteroatoms. The Morgan fingerprint density at radius 1 is 1.06 bits per heavy atom. The monoisotopic (exact) mass is 475 g/mol. The fourth-order valence-corrected chi connectivity index (χ4v) is 5.45. The molecule has 1 aliphatic heterocycles. The van der Waals surface area contributed by atoms with Gasteiger partial charge in [-0.3, -0.25) is 0 Å². The van der Waals surface area contributed by atoms with Crippen LogP contribution in [0.5, 0.6) is 0 Å². The number of urea groups is 1. The van der Waals surface area contributed by atoms with Crippen LogP contribution in [0, 0.1) is 5.82 Å². The second-order valence-corrected chi connectivity index (χ2v) is 9.63. The highest BCUT2D eigenvalue weighted by Crippen LogP contribution is 2.32. The number of halogens is 2. The molecule has 2 aromatic heterocycles. The van der Waals surface area contributed by atoms with Crippen LogP contribution >= 0.6 is 22.9 Å². The summed E-state index contributed by atoms with van der Waals surface area (Å²) in [5.41, 5.74) is 6.01. The smallest absolute Gasteiger partial charge is 0.322 e. The first-order valence-electron chi connectivity index (χ1n) is 10.7. The van der Waals surface area contributed by atoms with E-state index in [1.54, 1.807) is 22.4 Å². The molecule has 2 N–H and O–H groups in total. The van der Waals surface area contributed by atoms with Crippen LogP contribution in [0.4, 0.5) is 14.9 Å². The van der Waals surface area contributed by atoms with Crippen molar-refractivity contribution in [2.75, 3.05) is 11.9 Å². The summed E-state index contributed by atoms with van der Waals surface area (Å²) < 4.78 is 15.0. The molecule has 164 valence electrons. The van der Waals surface area contributed by atoms with Crippen LogP contribution in [0.1, 0.15) is 11.1 Å². The predicted molar refractivity (Wildman–Crippen MR) is 134 cm³/mol. The first-order valence-corrected chi connectivity index (χ1v) is 11.9. The van der Waals surface area contributed by atoms with E-state index in [0.29, 0.717) is 29.7 Å². The number of nitrogens with one attached hydrogen (secondary N) is 2. The number of anilines is 1. The number of aromatic nitrogens is 1. The average Bonchev–Trinajstić information content (AvgIpc) is 3.45. The van der Waals surface area contributed by atoms with Gasteiger partial charge in [0.25, 0.3) is 0 Å². The summed E-state index contributed by atoms with van der Waals surface area (Å²) in [5.74, 6) is -0.494. The minimum Gasteiger partial charge on any atom is -0.359 e. The number of carbonyl (C=O) groups excluding carboxylic acids is 1. The maximum atomic E-state index is 13.7. The molecule has 0 atom stereocenters. The SMILES string of the molecule is O=C(Nc1c[nH]c2cc(F)c(Cl)cc12)N1CCc2cc(-c3ccc4ccsc4c3)ccc2C1. The number of benzene rings is 3. The van der Waals surface area contributed by atoms with Crippen molar-refractivity contribution in [3.05, 3.63) is 88.1 Å². The maximum Gasteiger partial charge on any atom is 0.322 e. The maximum absolute atomic E-state index is 13.7. The van der Waals surface area contributed by atoms with Crippen LogP contribution in [-0.4, -0.2) is 22.5 Å². The number of aromatic amines is 1. The Morgan fingerprint density at radius 2 is 1.91 bits per heavy atom. The highest BCUT2D eigenvalue weighted by Gasteiger charge is 2.22. The molecule has 0 bridgehead atoms. The van der Waals surface area contributed by atoms with Crippen molar-refractivity contribution in [3.8, 4) is 11.1 Å². The van der Waals surface area contributed by atoms with Crippen molar-refractivity contribution in [2.45, 2.75) is 13.0 Å². The second kappa shape index (κ2) is 7.90. The van der Waals surface area contributed by atoms with Crippen molar-refractivity contribution in [3.63, 3.8) is 0 Å². The molecular formula is C26H19ClFN3OS. The highest BCUT2D eigenvalue weighted by molar-refractivity contribution is 7.17. The topological polar surface area (TPSA) is 48.1 Å². The Balaban J connectivity index is 1.21. The Labute approximate surface area is 198 Å². The van der Waals surface area contributed by atoms with Crippen molar-refractivity contribution in [2.24, 2.45) is 0 Å². The van der Waals surface area contributed by atoms with Crippen LogP contribution in [0.25, 0.3) is 32.1 Å². The molecule has 0 spiro atoms. The lowest BCUT2D eigenvalue weighted by molar-refractivity contribution is 0.206. The van der Waals surface area contributed by atoms with Gasteiger partial charge in [0.05, 0.1) is 16.2 Å². The first-order chi connectivity index (χ1) is 16.0. The Hall–Kier alpha value is -3.35. The third-order valence-electron chi connectivity index (χ3n) is 6.26. The molecule has 3 aromatic carbocycles. The van der Waals surface area contributed by atoms with Crippen LogP contribution in [0.15, 0.2) is 66.2 Å². The van der Waals surface area contributed by atoms with E-state index in [1.165, 1.54) is 38.9 Å². The average molecular weight is 476 g/mol. The van der Waals surface area contributed by atoms with Crippen LogP contribution in [0.3, 0.4) is 0 Å². The van der Waals surface area contributed by atoms with Gasteiger partial charge in [0.1, 0.15) is 5.82 Å². The molecule has 6 rings (SSSR count). The molecule has 0 aliphatic carbocycles. The molecule has 0 saturated carbocycles. The van der Waals surface area contributed by atoms with E-state index in [-0.39, 0.29) is 11.1 Å². The molecule has 5 aromatic rings. The van der Waals surface area contributed by atoms with Crippen molar-refractivity contribution in [1.29, 1.82) is 0 Å². The third kappa shape index (κ3) is 3.65. The second-order valence-electron chi connectivity index (χ2n) is 8.27. The number of H-pyrrole nitrogens is 1. The van der Waals surface area contributed by atoms with E-state index < -0.39 is 5.82 Å². The Morgan fingerprint density at radius 3 is 2.82 bits per heavy atom. The standard InChI is InChI=1S/C26H19ClFN3OS/c27-21-11-20-23(12-22(21)28)29-13-24(20)30-26(32)31-7-5-18-9-16(3-4-19(18)14-31)17-2-1-15-6-8-33-25(15)10-17/h1-4,6,8-13,29H,5,7,14H2,(H,30,32). The normalized spacial score (nSPS) is 13.5. The molecular weight excluding hydrogens is 457 g/mol. The molecule has 0 saturated heterocycles. The summed E-state index contributed by atoms with van der Waals surface area (Å²) in [7, 11) is 0. The number of fused-ring (bicyclic) bond motifs is 3. The van der Waals surface area contributed by atoms with E-state index in [0.717, 1.165) is 12.0 Å². The van der Waals surface area contributed by atoms with Gasteiger partial charge in [0, 0.05) is 29.4 Å². The van der Waals surface area contributed by atoms with Crippen LogP contribution in [-0.2, 0) is 13.0 Å². The van der Waals surface area contributed by atoms with Gasteiger partial charge in [0.15, 0.2) is 0 Å². The zero-order chi connectivity index (χ0) is 22.5. The molecule has 0 unspecified atom stereocenters. The number of hydrogen-bond donors (Lipinski definition) is 2. The fraction of sp³-hybridized carbons (Fsp3) is 0.115. The first kappa shape index (κ1) is 20.3. The predicted octanol–water partition coefficient (Wildman–Crippen LogP) is 7.43.